The molecule has 0 aromatic carbocycles. The molecule has 34 unspecified atom stereocenters. The second kappa shape index (κ2) is 37.9. The summed E-state index contributed by atoms with van der Waals surface area (Å²) in [5.41, 5.74) is 0.595. The first kappa shape index (κ1) is 80.3. The van der Waals surface area contributed by atoms with E-state index in [1.165, 1.54) is 313 Å². The molecule has 13 aliphatic heterocycles. The fraction of sp³-hybridized carbons (Fsp3) is 1.00. The molecule has 0 radical (unpaired) electrons. The van der Waals surface area contributed by atoms with Crippen molar-refractivity contribution in [3.8, 4) is 0 Å². The summed E-state index contributed by atoms with van der Waals surface area (Å²) in [6.07, 6.45) is 74.6. The first-order valence-corrected chi connectivity index (χ1v) is 56.4. The Balaban J connectivity index is 0.0000000797. The van der Waals surface area contributed by atoms with Gasteiger partial charge in [-0.3, -0.25) is 0 Å². The van der Waals surface area contributed by atoms with Gasteiger partial charge < -0.3 is 23.7 Å². The molecule has 612 valence electrons. The summed E-state index contributed by atoms with van der Waals surface area (Å²) in [7, 11) is 0. The molecule has 31 rings (SSSR count). The highest BCUT2D eigenvalue weighted by Gasteiger charge is 2.60. The third-order valence-corrected chi connectivity index (χ3v) is 48.7. The average molecular weight is 1630 g/mol. The molecule has 10 bridgehead atoms. The monoisotopic (exact) mass is 1630 g/mol. The van der Waals surface area contributed by atoms with Gasteiger partial charge >= 0.3 is 0 Å². The summed E-state index contributed by atoms with van der Waals surface area (Å²) in [4.78, 5) is 0. The van der Waals surface area contributed by atoms with Crippen LogP contribution in [-0.2, 0) is 23.7 Å². The number of ether oxygens (including phenoxy) is 5. The van der Waals surface area contributed by atoms with E-state index in [0.29, 0.717) is 23.7 Å². The predicted molar refractivity (Wildman–Crippen MR) is 471 cm³/mol. The van der Waals surface area contributed by atoms with Crippen molar-refractivity contribution in [2.45, 2.75) is 403 Å². The first-order chi connectivity index (χ1) is 53.3. The van der Waals surface area contributed by atoms with Gasteiger partial charge in [-0.15, -0.1) is 0 Å². The Morgan fingerprint density at radius 1 is 0.241 bits per heavy atom. The predicted octanol–water partition coefficient (Wildman–Crippen LogP) is 25.5. The molecule has 31 aliphatic rings. The standard InChI is InChI=1S/C9H16O.C8H12O.C8H14O.2C8H12S.2C7H12O.2C7H10S.2C7H12S.2C6H10S/c1-2-4-8(5-3-1)9-6-10-7-9;1-2-6-3-5(1)7-4-9-8(6)7;1-8-5-3-2-4-7(8)9-6-8;2*1-2-6-3-5(1)7-4-9-8(6)7;2*1-2-4-7-6(3-1)5-8-7;2*1-2-5-3-4(1)6-7(5)8-6;2*1-2-4-7-6(3-1)5-8-7;2*1-2-4-6-5(3-1)7-6/h8-9H,1-7H2;5-8H,1-4H2;7H,2-6H2,1H3;2*5-8H,1-4H2;2*6-7H,1-5H2;2*4-7H,1-3H2;2*6-7H,1-5H2;2*5-6H,1-4H2. The van der Waals surface area contributed by atoms with Crippen molar-refractivity contribution < 1.29 is 23.7 Å². The summed E-state index contributed by atoms with van der Waals surface area (Å²) in [5.74, 6) is 27.0. The van der Waals surface area contributed by atoms with Crippen LogP contribution < -0.4 is 0 Å². The quantitative estimate of drug-likeness (QED) is 0.235. The van der Waals surface area contributed by atoms with Crippen LogP contribution in [0.4, 0.5) is 0 Å². The van der Waals surface area contributed by atoms with Gasteiger partial charge in [-0.25, -0.2) is 0 Å². The van der Waals surface area contributed by atoms with E-state index in [9.17, 15) is 0 Å². The Kier molecular flexibility index (Phi) is 28.2. The lowest BCUT2D eigenvalue weighted by atomic mass is 9.70. The van der Waals surface area contributed by atoms with Gasteiger partial charge in [0, 0.05) is 92.1 Å². The third kappa shape index (κ3) is 19.4. The van der Waals surface area contributed by atoms with Crippen molar-refractivity contribution >= 4 is 94.1 Å². The average Bonchev–Trinajstić information content (AvgIpc) is 1.58. The highest BCUT2D eigenvalue weighted by atomic mass is 32.2. The minimum absolute atomic E-state index is 0.595. The molecule has 13 saturated heterocycles. The zero-order valence-corrected chi connectivity index (χ0v) is 74.6. The molecule has 0 N–H and O–H groups in total. The van der Waals surface area contributed by atoms with E-state index in [1.54, 1.807) is 77.0 Å². The van der Waals surface area contributed by atoms with Gasteiger partial charge in [-0.05, 0) is 298 Å². The zero-order valence-electron chi connectivity index (χ0n) is 68.0. The van der Waals surface area contributed by atoms with E-state index in [1.807, 2.05) is 0 Å². The van der Waals surface area contributed by atoms with Crippen LogP contribution in [-0.4, -0.2) is 150 Å². The SMILES string of the molecule is C1CC2CC1C1COC21.C1CC2CC1C1CSC21.C1CC2CC1C1CSC21.C1CC2CC1C1SC21.C1CC2CC1C1SC21.C1CCC(C2COC2)CC1.C1CCC2OCC2C1.C1CCC2OCC2C1.C1CCC2SC2C1.C1CCC2SC2C1.C1CCC2SCC2C1.C1CCC2SCC2C1.CC12CCCCC1OC2. The van der Waals surface area contributed by atoms with Crippen LogP contribution in [0.3, 0.4) is 0 Å². The number of hydrogen-bond acceptors (Lipinski definition) is 13. The molecular formula is C95H154O5S8. The minimum Gasteiger partial charge on any atom is -0.381 e. The van der Waals surface area contributed by atoms with Gasteiger partial charge in [0.25, 0.3) is 0 Å². The van der Waals surface area contributed by atoms with E-state index < -0.39 is 0 Å². The molecule has 0 aromatic heterocycles. The molecule has 13 heterocycles. The van der Waals surface area contributed by atoms with E-state index in [2.05, 4.69) is 101 Å². The molecule has 18 aliphatic carbocycles. The molecule has 108 heavy (non-hydrogen) atoms. The topological polar surface area (TPSA) is 46.2 Å². The van der Waals surface area contributed by atoms with Gasteiger partial charge in [-0.2, -0.15) is 94.1 Å². The van der Waals surface area contributed by atoms with E-state index in [0.717, 1.165) is 162 Å². The Bertz CT molecular complexity index is 2410. The maximum atomic E-state index is 5.49. The van der Waals surface area contributed by atoms with E-state index in [-0.39, 0.29) is 0 Å². The highest BCUT2D eigenvalue weighted by Crippen LogP contribution is 2.67. The maximum absolute atomic E-state index is 5.49. The van der Waals surface area contributed by atoms with E-state index in [4.69, 9.17) is 23.7 Å². The summed E-state index contributed by atoms with van der Waals surface area (Å²) in [6.45, 7) is 8.72. The second-order valence-corrected chi connectivity index (χ2v) is 52.9. The summed E-state index contributed by atoms with van der Waals surface area (Å²) in [5, 5.41) is 13.6. The van der Waals surface area contributed by atoms with Crippen molar-refractivity contribution in [3.63, 3.8) is 0 Å². The molecule has 0 spiro atoms. The highest BCUT2D eigenvalue weighted by molar-refractivity contribution is 8.08. The van der Waals surface area contributed by atoms with Crippen molar-refractivity contribution in [1.82, 2.24) is 0 Å². The molecule has 31 fully saturated rings. The molecule has 0 amide bonds. The smallest absolute Gasteiger partial charge is 0.0656 e. The first-order valence-electron chi connectivity index (χ1n) is 48.5. The summed E-state index contributed by atoms with van der Waals surface area (Å²) in [6, 6.07) is 0. The normalized spacial score (nSPS) is 51.6. The van der Waals surface area contributed by atoms with Crippen molar-refractivity contribution in [1.29, 1.82) is 0 Å². The van der Waals surface area contributed by atoms with Gasteiger partial charge in [0.1, 0.15) is 0 Å². The largest absolute Gasteiger partial charge is 0.381 e. The van der Waals surface area contributed by atoms with Crippen LogP contribution in [0.15, 0.2) is 0 Å². The number of hydrogen-bond donors (Lipinski definition) is 0. The number of thioether (sulfide) groups is 8. The Morgan fingerprint density at radius 2 is 0.620 bits per heavy atom. The third-order valence-electron chi connectivity index (χ3n) is 35.6. The number of fused-ring (bicyclic) bond motifs is 32. The molecular weight excluding hydrogens is 1480 g/mol. The van der Waals surface area contributed by atoms with Crippen molar-refractivity contribution in [3.05, 3.63) is 0 Å². The fourth-order valence-electron chi connectivity index (χ4n) is 27.7. The lowest BCUT2D eigenvalue weighted by Crippen LogP contribution is -2.51. The summed E-state index contributed by atoms with van der Waals surface area (Å²) >= 11 is 17.8. The Labute approximate surface area is 694 Å². The molecule has 13 heteroatoms. The van der Waals surface area contributed by atoms with Crippen LogP contribution in [0.25, 0.3) is 0 Å². The van der Waals surface area contributed by atoms with Gasteiger partial charge in [0.15, 0.2) is 0 Å². The van der Waals surface area contributed by atoms with E-state index >= 15 is 0 Å². The fourth-order valence-corrected chi connectivity index (χ4v) is 39.5. The van der Waals surface area contributed by atoms with Crippen LogP contribution in [0.5, 0.6) is 0 Å². The van der Waals surface area contributed by atoms with Gasteiger partial charge in [0.2, 0.25) is 0 Å². The van der Waals surface area contributed by atoms with Crippen LogP contribution in [0.1, 0.15) is 315 Å². The molecule has 34 atom stereocenters. The minimum atomic E-state index is 0.595. The van der Waals surface area contributed by atoms with Gasteiger partial charge in [-0.1, -0.05) is 129 Å². The lowest BCUT2D eigenvalue weighted by Gasteiger charge is -2.50. The van der Waals surface area contributed by atoms with Crippen molar-refractivity contribution in [2.24, 2.45) is 118 Å². The van der Waals surface area contributed by atoms with Crippen molar-refractivity contribution in [2.75, 3.05) is 62.7 Å². The van der Waals surface area contributed by atoms with Gasteiger partial charge in [0.05, 0.1) is 64.1 Å². The van der Waals surface area contributed by atoms with Crippen LogP contribution >= 0.6 is 94.1 Å². The van der Waals surface area contributed by atoms with Crippen LogP contribution in [0, 0.1) is 118 Å². The molecule has 5 nitrogen and oxygen atoms in total. The maximum Gasteiger partial charge on any atom is 0.0656 e. The zero-order chi connectivity index (χ0) is 71.9. The number of rotatable bonds is 1. The second-order valence-electron chi connectivity index (χ2n) is 42.2. The summed E-state index contributed by atoms with van der Waals surface area (Å²) < 4.78 is 26.8. The Morgan fingerprint density at radius 3 is 0.843 bits per heavy atom. The lowest BCUT2D eigenvalue weighted by molar-refractivity contribution is -0.196. The Hall–Kier alpha value is 2.60. The van der Waals surface area contributed by atoms with Crippen LogP contribution in [0.2, 0.25) is 0 Å². The molecule has 0 aromatic rings. The molecule has 18 saturated carbocycles.